The summed E-state index contributed by atoms with van der Waals surface area (Å²) in [6, 6.07) is 18.2. The van der Waals surface area contributed by atoms with Crippen LogP contribution in [0.25, 0.3) is 5.57 Å². The molecule has 1 aliphatic heterocycles. The van der Waals surface area contributed by atoms with Gasteiger partial charge in [-0.25, -0.2) is 0 Å². The lowest BCUT2D eigenvalue weighted by Gasteiger charge is -2.23. The lowest BCUT2D eigenvalue weighted by molar-refractivity contribution is -0.137. The van der Waals surface area contributed by atoms with Crippen molar-refractivity contribution in [3.05, 3.63) is 107 Å². The summed E-state index contributed by atoms with van der Waals surface area (Å²) in [6.45, 7) is -0.174. The van der Waals surface area contributed by atoms with Crippen molar-refractivity contribution < 1.29 is 32.6 Å². The van der Waals surface area contributed by atoms with Gasteiger partial charge in [-0.2, -0.15) is 18.4 Å². The fourth-order valence-corrected chi connectivity index (χ4v) is 4.02. The summed E-state index contributed by atoms with van der Waals surface area (Å²) < 4.78 is 44.6. The molecule has 0 bridgehead atoms. The first kappa shape index (κ1) is 27.2. The van der Waals surface area contributed by atoms with E-state index in [1.54, 1.807) is 48.5 Å². The van der Waals surface area contributed by atoms with Crippen LogP contribution in [-0.4, -0.2) is 29.6 Å². The van der Waals surface area contributed by atoms with E-state index in [2.05, 4.69) is 10.6 Å². The zero-order valence-corrected chi connectivity index (χ0v) is 20.3. The highest BCUT2D eigenvalue weighted by Crippen LogP contribution is 2.33. The van der Waals surface area contributed by atoms with Crippen LogP contribution in [0, 0.1) is 11.3 Å². The van der Waals surface area contributed by atoms with Gasteiger partial charge in [0.05, 0.1) is 5.56 Å². The van der Waals surface area contributed by atoms with Crippen molar-refractivity contribution in [2.45, 2.75) is 18.7 Å². The fourth-order valence-electron chi connectivity index (χ4n) is 4.02. The number of rotatable bonds is 7. The predicted molar refractivity (Wildman–Crippen MR) is 139 cm³/mol. The van der Waals surface area contributed by atoms with Crippen LogP contribution in [0.1, 0.15) is 22.3 Å². The number of fused-ring (bicyclic) bond motifs is 1. The number of aliphatic hydroxyl groups excluding tert-OH is 1. The third kappa shape index (κ3) is 6.71. The Balaban J connectivity index is 1.61. The summed E-state index contributed by atoms with van der Waals surface area (Å²) in [4.78, 5) is 24.4. The number of benzene rings is 3. The number of nitrogens with zero attached hydrogens (tertiary/aromatic N) is 1. The molecule has 39 heavy (non-hydrogen) atoms. The van der Waals surface area contributed by atoms with Gasteiger partial charge in [0.25, 0.3) is 5.91 Å². The van der Waals surface area contributed by atoms with E-state index in [4.69, 9.17) is 10.00 Å². The van der Waals surface area contributed by atoms with Crippen molar-refractivity contribution in [2.75, 3.05) is 17.2 Å². The molecule has 7 nitrogen and oxygen atoms in total. The van der Waals surface area contributed by atoms with Crippen molar-refractivity contribution in [3.63, 3.8) is 0 Å². The number of aliphatic hydroxyl groups is 1. The molecule has 3 N–H and O–H groups in total. The van der Waals surface area contributed by atoms with E-state index in [0.29, 0.717) is 39.4 Å². The first-order chi connectivity index (χ1) is 18.7. The van der Waals surface area contributed by atoms with Crippen LogP contribution in [0.4, 0.5) is 24.5 Å². The van der Waals surface area contributed by atoms with Crippen LogP contribution in [0.5, 0.6) is 5.75 Å². The van der Waals surface area contributed by atoms with Crippen molar-refractivity contribution in [1.29, 1.82) is 5.26 Å². The zero-order chi connectivity index (χ0) is 28.0. The molecule has 1 atom stereocenters. The number of nitriles is 1. The monoisotopic (exact) mass is 533 g/mol. The number of carbonyl (C=O) groups is 2. The van der Waals surface area contributed by atoms with Gasteiger partial charge in [0.2, 0.25) is 5.91 Å². The summed E-state index contributed by atoms with van der Waals surface area (Å²) in [7, 11) is 0. The van der Waals surface area contributed by atoms with Crippen LogP contribution in [0.15, 0.2) is 85.0 Å². The van der Waals surface area contributed by atoms with E-state index in [1.807, 2.05) is 6.07 Å². The number of nitrogens with one attached hydrogen (secondary N) is 2. The van der Waals surface area contributed by atoms with Gasteiger partial charge in [0.15, 0.2) is 6.61 Å². The van der Waals surface area contributed by atoms with Crippen LogP contribution in [0.2, 0.25) is 0 Å². The lowest BCUT2D eigenvalue weighted by atomic mass is 9.96. The Hall–Kier alpha value is -4.88. The largest absolute Gasteiger partial charge is 0.479 e. The highest BCUT2D eigenvalue weighted by molar-refractivity contribution is 6.03. The number of hydrogen-bond acceptors (Lipinski definition) is 5. The maximum Gasteiger partial charge on any atom is 0.416 e. The topological polar surface area (TPSA) is 111 Å². The molecule has 0 fully saturated rings. The van der Waals surface area contributed by atoms with Gasteiger partial charge >= 0.3 is 6.18 Å². The number of amides is 2. The molecule has 1 aliphatic rings. The smallest absolute Gasteiger partial charge is 0.416 e. The zero-order valence-electron chi connectivity index (χ0n) is 20.3. The Bertz CT molecular complexity index is 1490. The molecule has 10 heteroatoms. The molecule has 0 aliphatic carbocycles. The van der Waals surface area contributed by atoms with Gasteiger partial charge in [-0.15, -0.1) is 0 Å². The molecular formula is C29H22F3N3O4. The highest BCUT2D eigenvalue weighted by atomic mass is 19.4. The molecule has 2 amide bonds. The molecule has 3 aromatic carbocycles. The molecular weight excluding hydrogens is 511 g/mol. The third-order valence-electron chi connectivity index (χ3n) is 5.87. The summed E-state index contributed by atoms with van der Waals surface area (Å²) in [5.74, 6) is -0.616. The van der Waals surface area contributed by atoms with Gasteiger partial charge in [-0.05, 0) is 53.1 Å². The predicted octanol–water partition coefficient (Wildman–Crippen LogP) is 5.09. The Kier molecular flexibility index (Phi) is 8.13. The molecule has 3 aromatic rings. The fraction of sp³-hybridized carbons (Fsp3) is 0.138. The average molecular weight is 534 g/mol. The first-order valence-corrected chi connectivity index (χ1v) is 11.7. The molecule has 0 spiro atoms. The second kappa shape index (κ2) is 11.7. The van der Waals surface area contributed by atoms with Crippen molar-refractivity contribution in [3.8, 4) is 11.8 Å². The first-order valence-electron chi connectivity index (χ1n) is 11.7. The minimum atomic E-state index is -4.49. The maximum absolute atomic E-state index is 13.1. The summed E-state index contributed by atoms with van der Waals surface area (Å²) in [5.41, 5.74) is 2.29. The second-order valence-electron chi connectivity index (χ2n) is 8.52. The van der Waals surface area contributed by atoms with Gasteiger partial charge < -0.3 is 20.5 Å². The Morgan fingerprint density at radius 2 is 1.87 bits per heavy atom. The molecule has 1 heterocycles. The molecule has 0 saturated carbocycles. The summed E-state index contributed by atoms with van der Waals surface area (Å²) in [5, 5.41) is 24.0. The number of halogens is 3. The number of anilines is 2. The van der Waals surface area contributed by atoms with Crippen LogP contribution in [-0.2, 0) is 22.2 Å². The van der Waals surface area contributed by atoms with Crippen LogP contribution in [0.3, 0.4) is 0 Å². The number of alkyl halides is 3. The molecule has 1 unspecified atom stereocenters. The second-order valence-corrected chi connectivity index (χ2v) is 8.52. The Morgan fingerprint density at radius 1 is 1.13 bits per heavy atom. The molecule has 0 saturated heterocycles. The molecule has 4 rings (SSSR count). The highest BCUT2D eigenvalue weighted by Gasteiger charge is 2.30. The van der Waals surface area contributed by atoms with E-state index >= 15 is 0 Å². The summed E-state index contributed by atoms with van der Waals surface area (Å²) in [6.07, 6.45) is -1.39. The third-order valence-corrected chi connectivity index (χ3v) is 5.87. The van der Waals surface area contributed by atoms with Gasteiger partial charge in [-0.3, -0.25) is 9.59 Å². The quantitative estimate of drug-likeness (QED) is 0.289. The number of allylic oxidation sites excluding steroid dienone is 2. The van der Waals surface area contributed by atoms with Crippen molar-refractivity contribution in [2.24, 2.45) is 0 Å². The minimum absolute atomic E-state index is 0.0452. The standard InChI is InChI=1S/C29H22F3N3O4/c30-29(31,32)20-12-10-18(11-13-20)22(19-4-1-5-21(16-19)39-15-14-33)6-2-9-27(37)34-24-7-3-8-25-23(24)17-26(36)28(38)35-25/h1-13,16,26,36H,15,17H2,(H,34,37)(H,35,38)/b9-2+,22-6+. The number of carbonyl (C=O) groups excluding carboxylic acids is 2. The van der Waals surface area contributed by atoms with E-state index in [-0.39, 0.29) is 13.0 Å². The van der Waals surface area contributed by atoms with Gasteiger partial charge in [0.1, 0.15) is 17.9 Å². The molecule has 0 aromatic heterocycles. The molecule has 198 valence electrons. The normalized spacial score (nSPS) is 15.3. The number of ether oxygens (including phenoxy) is 1. The van der Waals surface area contributed by atoms with Crippen LogP contribution >= 0.6 is 0 Å². The Morgan fingerprint density at radius 3 is 2.59 bits per heavy atom. The van der Waals surface area contributed by atoms with E-state index in [9.17, 15) is 27.9 Å². The SMILES string of the molecule is N#CCOc1cccc(/C(=C/C=C/C(=O)Nc2cccc3c2CC(O)C(=O)N3)c2ccc(C(F)(F)F)cc2)c1. The van der Waals surface area contributed by atoms with Gasteiger partial charge in [0, 0.05) is 29.4 Å². The van der Waals surface area contributed by atoms with E-state index in [0.717, 1.165) is 12.1 Å². The van der Waals surface area contributed by atoms with Crippen molar-refractivity contribution in [1.82, 2.24) is 0 Å². The van der Waals surface area contributed by atoms with E-state index < -0.39 is 29.7 Å². The van der Waals surface area contributed by atoms with Gasteiger partial charge in [-0.1, -0.05) is 42.5 Å². The molecule has 0 radical (unpaired) electrons. The van der Waals surface area contributed by atoms with Crippen LogP contribution < -0.4 is 15.4 Å². The number of hydrogen-bond donors (Lipinski definition) is 3. The summed E-state index contributed by atoms with van der Waals surface area (Å²) >= 11 is 0. The lowest BCUT2D eigenvalue weighted by Crippen LogP contribution is -2.34. The van der Waals surface area contributed by atoms with E-state index in [1.165, 1.54) is 24.3 Å². The average Bonchev–Trinajstić information content (AvgIpc) is 2.91. The van der Waals surface area contributed by atoms with Crippen molar-refractivity contribution >= 4 is 28.8 Å². The Labute approximate surface area is 221 Å². The minimum Gasteiger partial charge on any atom is -0.479 e. The maximum atomic E-state index is 13.1.